The first-order chi connectivity index (χ1) is 9.29. The Balaban J connectivity index is 1.92. The Morgan fingerprint density at radius 3 is 3.00 bits per heavy atom. The standard InChI is InChI=1S/C14H9N3O2/c18-10-2-4-12-13(6-10)19-14(16-12)8-1-3-11-9(5-8)7-15-17-11/h1-7,18H,(H,15,17). The molecule has 0 radical (unpaired) electrons. The summed E-state index contributed by atoms with van der Waals surface area (Å²) >= 11 is 0. The number of fused-ring (bicyclic) bond motifs is 2. The molecular weight excluding hydrogens is 242 g/mol. The third kappa shape index (κ3) is 1.55. The minimum Gasteiger partial charge on any atom is -0.508 e. The summed E-state index contributed by atoms with van der Waals surface area (Å²) in [7, 11) is 0. The molecule has 92 valence electrons. The van der Waals surface area contributed by atoms with Crippen molar-refractivity contribution in [1.82, 2.24) is 15.2 Å². The molecule has 0 fully saturated rings. The largest absolute Gasteiger partial charge is 0.508 e. The van der Waals surface area contributed by atoms with Gasteiger partial charge in [-0.1, -0.05) is 0 Å². The third-order valence-electron chi connectivity index (χ3n) is 3.06. The summed E-state index contributed by atoms with van der Waals surface area (Å²) in [6.45, 7) is 0. The Morgan fingerprint density at radius 2 is 2.05 bits per heavy atom. The number of aromatic nitrogens is 3. The monoisotopic (exact) mass is 251 g/mol. The molecule has 0 saturated carbocycles. The van der Waals surface area contributed by atoms with Gasteiger partial charge in [0.05, 0.1) is 11.7 Å². The second-order valence-corrected chi connectivity index (χ2v) is 4.34. The Bertz CT molecular complexity index is 892. The minimum atomic E-state index is 0.167. The highest BCUT2D eigenvalue weighted by atomic mass is 16.3. The van der Waals surface area contributed by atoms with Crippen LogP contribution in [0, 0.1) is 0 Å². The second-order valence-electron chi connectivity index (χ2n) is 4.34. The lowest BCUT2D eigenvalue weighted by Crippen LogP contribution is -1.77. The summed E-state index contributed by atoms with van der Waals surface area (Å²) in [5.41, 5.74) is 3.14. The van der Waals surface area contributed by atoms with Crippen LogP contribution in [-0.2, 0) is 0 Å². The fraction of sp³-hybridized carbons (Fsp3) is 0. The molecule has 0 saturated heterocycles. The van der Waals surface area contributed by atoms with Crippen molar-refractivity contribution < 1.29 is 9.52 Å². The minimum absolute atomic E-state index is 0.167. The Hall–Kier alpha value is -2.82. The van der Waals surface area contributed by atoms with Crippen molar-refractivity contribution in [2.75, 3.05) is 0 Å². The Kier molecular flexibility index (Phi) is 1.91. The highest BCUT2D eigenvalue weighted by Gasteiger charge is 2.09. The molecule has 0 bridgehead atoms. The quantitative estimate of drug-likeness (QED) is 0.545. The van der Waals surface area contributed by atoms with E-state index in [-0.39, 0.29) is 5.75 Å². The van der Waals surface area contributed by atoms with E-state index in [1.54, 1.807) is 24.4 Å². The third-order valence-corrected chi connectivity index (χ3v) is 3.06. The van der Waals surface area contributed by atoms with Crippen molar-refractivity contribution in [2.45, 2.75) is 0 Å². The van der Waals surface area contributed by atoms with Crippen LogP contribution in [0.5, 0.6) is 5.75 Å². The highest BCUT2D eigenvalue weighted by molar-refractivity contribution is 5.84. The first-order valence-corrected chi connectivity index (χ1v) is 5.83. The van der Waals surface area contributed by atoms with E-state index in [2.05, 4.69) is 15.2 Å². The molecule has 0 aliphatic heterocycles. The molecule has 0 aliphatic carbocycles. The maximum atomic E-state index is 9.42. The smallest absolute Gasteiger partial charge is 0.227 e. The number of nitrogens with zero attached hydrogens (tertiary/aromatic N) is 2. The number of benzene rings is 2. The molecule has 2 N–H and O–H groups in total. The van der Waals surface area contributed by atoms with Gasteiger partial charge >= 0.3 is 0 Å². The molecule has 0 amide bonds. The van der Waals surface area contributed by atoms with E-state index < -0.39 is 0 Å². The van der Waals surface area contributed by atoms with Gasteiger partial charge in [0.15, 0.2) is 5.58 Å². The van der Waals surface area contributed by atoms with E-state index in [0.717, 1.165) is 22.0 Å². The van der Waals surface area contributed by atoms with Gasteiger partial charge in [0, 0.05) is 17.0 Å². The van der Waals surface area contributed by atoms with Crippen LogP contribution in [-0.4, -0.2) is 20.3 Å². The van der Waals surface area contributed by atoms with Crippen LogP contribution in [0.4, 0.5) is 0 Å². The van der Waals surface area contributed by atoms with E-state index >= 15 is 0 Å². The number of hydrogen-bond donors (Lipinski definition) is 2. The first kappa shape index (κ1) is 10.1. The van der Waals surface area contributed by atoms with Gasteiger partial charge in [-0.25, -0.2) is 4.98 Å². The van der Waals surface area contributed by atoms with E-state index in [1.807, 2.05) is 18.2 Å². The summed E-state index contributed by atoms with van der Waals surface area (Å²) < 4.78 is 5.66. The SMILES string of the molecule is Oc1ccc2nc(-c3ccc4[nH]ncc4c3)oc2c1. The normalized spacial score (nSPS) is 11.4. The number of aromatic hydroxyl groups is 1. The van der Waals surface area contributed by atoms with Gasteiger partial charge in [0.25, 0.3) is 0 Å². The number of aromatic amines is 1. The van der Waals surface area contributed by atoms with E-state index in [0.29, 0.717) is 11.5 Å². The van der Waals surface area contributed by atoms with Crippen LogP contribution in [0.2, 0.25) is 0 Å². The number of H-pyrrole nitrogens is 1. The zero-order valence-corrected chi connectivity index (χ0v) is 9.79. The Morgan fingerprint density at radius 1 is 1.11 bits per heavy atom. The van der Waals surface area contributed by atoms with E-state index in [4.69, 9.17) is 4.42 Å². The summed E-state index contributed by atoms with van der Waals surface area (Å²) in [6, 6.07) is 10.7. The molecule has 4 aromatic rings. The van der Waals surface area contributed by atoms with Gasteiger partial charge in [-0.2, -0.15) is 5.10 Å². The number of phenolic OH excluding ortho intramolecular Hbond substituents is 1. The zero-order chi connectivity index (χ0) is 12.8. The van der Waals surface area contributed by atoms with Gasteiger partial charge in [-0.15, -0.1) is 0 Å². The molecule has 2 heterocycles. The molecule has 4 rings (SSSR count). The van der Waals surface area contributed by atoms with Crippen molar-refractivity contribution in [3.05, 3.63) is 42.6 Å². The van der Waals surface area contributed by atoms with E-state index in [1.165, 1.54) is 0 Å². The molecular formula is C14H9N3O2. The van der Waals surface area contributed by atoms with Gasteiger partial charge in [0.2, 0.25) is 5.89 Å². The first-order valence-electron chi connectivity index (χ1n) is 5.83. The molecule has 2 aromatic heterocycles. The van der Waals surface area contributed by atoms with Crippen LogP contribution in [0.15, 0.2) is 47.0 Å². The fourth-order valence-corrected chi connectivity index (χ4v) is 2.11. The summed E-state index contributed by atoms with van der Waals surface area (Å²) in [5, 5.41) is 17.3. The molecule has 2 aromatic carbocycles. The molecule has 0 atom stereocenters. The summed E-state index contributed by atoms with van der Waals surface area (Å²) in [4.78, 5) is 4.41. The molecule has 0 unspecified atom stereocenters. The van der Waals surface area contributed by atoms with Crippen molar-refractivity contribution >= 4 is 22.0 Å². The van der Waals surface area contributed by atoms with Crippen molar-refractivity contribution in [2.24, 2.45) is 0 Å². The molecule has 0 spiro atoms. The maximum Gasteiger partial charge on any atom is 0.227 e. The van der Waals surface area contributed by atoms with Crippen LogP contribution in [0.1, 0.15) is 0 Å². The van der Waals surface area contributed by atoms with Crippen molar-refractivity contribution in [1.29, 1.82) is 0 Å². The Labute approximate surface area is 107 Å². The number of phenols is 1. The van der Waals surface area contributed by atoms with Crippen LogP contribution in [0.3, 0.4) is 0 Å². The predicted molar refractivity (Wildman–Crippen MR) is 70.8 cm³/mol. The van der Waals surface area contributed by atoms with Crippen LogP contribution < -0.4 is 0 Å². The number of hydrogen-bond acceptors (Lipinski definition) is 4. The highest BCUT2D eigenvalue weighted by Crippen LogP contribution is 2.28. The number of oxazole rings is 1. The summed E-state index contributed by atoms with van der Waals surface area (Å²) in [5.74, 6) is 0.698. The molecule has 0 aliphatic rings. The van der Waals surface area contributed by atoms with Gasteiger partial charge in [-0.3, -0.25) is 5.10 Å². The maximum absolute atomic E-state index is 9.42. The van der Waals surface area contributed by atoms with E-state index in [9.17, 15) is 5.11 Å². The molecule has 5 nitrogen and oxygen atoms in total. The average Bonchev–Trinajstić information content (AvgIpc) is 3.02. The molecule has 19 heavy (non-hydrogen) atoms. The molecule has 5 heteroatoms. The van der Waals surface area contributed by atoms with Gasteiger partial charge in [0.1, 0.15) is 11.3 Å². The average molecular weight is 251 g/mol. The van der Waals surface area contributed by atoms with Crippen LogP contribution >= 0.6 is 0 Å². The van der Waals surface area contributed by atoms with Crippen molar-refractivity contribution in [3.8, 4) is 17.2 Å². The number of nitrogens with one attached hydrogen (secondary N) is 1. The van der Waals surface area contributed by atoms with Gasteiger partial charge < -0.3 is 9.52 Å². The summed E-state index contributed by atoms with van der Waals surface area (Å²) in [6.07, 6.45) is 1.76. The second kappa shape index (κ2) is 3.58. The van der Waals surface area contributed by atoms with Crippen molar-refractivity contribution in [3.63, 3.8) is 0 Å². The van der Waals surface area contributed by atoms with Gasteiger partial charge in [-0.05, 0) is 30.3 Å². The zero-order valence-electron chi connectivity index (χ0n) is 9.79. The van der Waals surface area contributed by atoms with Crippen LogP contribution in [0.25, 0.3) is 33.5 Å². The lowest BCUT2D eigenvalue weighted by molar-refractivity contribution is 0.474. The number of rotatable bonds is 1. The fourth-order valence-electron chi connectivity index (χ4n) is 2.11. The lowest BCUT2D eigenvalue weighted by Gasteiger charge is -1.94. The lowest BCUT2D eigenvalue weighted by atomic mass is 10.1. The predicted octanol–water partition coefficient (Wildman–Crippen LogP) is 3.08. The topological polar surface area (TPSA) is 74.9 Å².